The Labute approximate surface area is 130 Å². The van der Waals surface area contributed by atoms with Gasteiger partial charge in [-0.15, -0.1) is 22.9 Å². The number of thiophene rings is 1. The fourth-order valence-electron chi connectivity index (χ4n) is 2.25. The Morgan fingerprint density at radius 3 is 2.74 bits per heavy atom. The molecule has 2 aromatic carbocycles. The van der Waals surface area contributed by atoms with Gasteiger partial charge < -0.3 is 0 Å². The number of halogens is 2. The number of benzene rings is 2. The second kappa shape index (κ2) is 5.28. The molecule has 0 fully saturated rings. The van der Waals surface area contributed by atoms with Crippen LogP contribution in [0, 0.1) is 6.92 Å². The molecule has 3 aromatic rings. The van der Waals surface area contributed by atoms with Crippen LogP contribution in [0.4, 0.5) is 0 Å². The molecule has 96 valence electrons. The van der Waals surface area contributed by atoms with Crippen molar-refractivity contribution in [3.8, 4) is 0 Å². The second-order valence-corrected chi connectivity index (χ2v) is 6.81. The highest BCUT2D eigenvalue weighted by Gasteiger charge is 2.17. The van der Waals surface area contributed by atoms with Crippen LogP contribution < -0.4 is 0 Å². The second-order valence-electron chi connectivity index (χ2n) is 4.55. The summed E-state index contributed by atoms with van der Waals surface area (Å²) < 4.78 is 2.36. The first-order valence-corrected chi connectivity index (χ1v) is 8.14. The largest absolute Gasteiger partial charge is 0.143 e. The van der Waals surface area contributed by atoms with E-state index in [1.54, 1.807) is 11.3 Å². The van der Waals surface area contributed by atoms with E-state index in [2.05, 4.69) is 64.6 Å². The number of hydrogen-bond donors (Lipinski definition) is 0. The van der Waals surface area contributed by atoms with Crippen molar-refractivity contribution >= 4 is 49.0 Å². The summed E-state index contributed by atoms with van der Waals surface area (Å²) in [7, 11) is 0. The van der Waals surface area contributed by atoms with Gasteiger partial charge in [-0.2, -0.15) is 0 Å². The maximum atomic E-state index is 6.72. The molecule has 0 spiro atoms. The first kappa shape index (κ1) is 13.2. The predicted molar refractivity (Wildman–Crippen MR) is 88.4 cm³/mol. The van der Waals surface area contributed by atoms with Crippen LogP contribution in [-0.4, -0.2) is 0 Å². The molecule has 1 unspecified atom stereocenters. The van der Waals surface area contributed by atoms with Crippen LogP contribution in [0.15, 0.2) is 52.3 Å². The molecular weight excluding hydrogens is 340 g/mol. The Morgan fingerprint density at radius 1 is 1.11 bits per heavy atom. The molecule has 0 aliphatic rings. The van der Waals surface area contributed by atoms with Crippen LogP contribution in [0.25, 0.3) is 10.1 Å². The van der Waals surface area contributed by atoms with Crippen molar-refractivity contribution < 1.29 is 0 Å². The van der Waals surface area contributed by atoms with E-state index in [-0.39, 0.29) is 5.38 Å². The van der Waals surface area contributed by atoms with Crippen LogP contribution in [0.1, 0.15) is 22.1 Å². The molecule has 0 amide bonds. The van der Waals surface area contributed by atoms with E-state index in [4.69, 9.17) is 11.6 Å². The molecule has 0 aliphatic carbocycles. The van der Waals surface area contributed by atoms with Gasteiger partial charge in [0.05, 0.1) is 5.38 Å². The monoisotopic (exact) mass is 350 g/mol. The maximum absolute atomic E-state index is 6.72. The van der Waals surface area contributed by atoms with Gasteiger partial charge in [0.2, 0.25) is 0 Å². The number of hydrogen-bond acceptors (Lipinski definition) is 1. The highest BCUT2D eigenvalue weighted by atomic mass is 79.9. The van der Waals surface area contributed by atoms with E-state index >= 15 is 0 Å². The first-order chi connectivity index (χ1) is 9.16. The quantitative estimate of drug-likeness (QED) is 0.475. The molecular formula is C16H12BrClS. The van der Waals surface area contributed by atoms with Crippen LogP contribution >= 0.6 is 38.9 Å². The summed E-state index contributed by atoms with van der Waals surface area (Å²) in [6.07, 6.45) is 0. The minimum absolute atomic E-state index is 0.103. The maximum Gasteiger partial charge on any atom is 0.0852 e. The molecule has 3 rings (SSSR count). The number of rotatable bonds is 2. The lowest BCUT2D eigenvalue weighted by Crippen LogP contribution is -1.95. The van der Waals surface area contributed by atoms with E-state index in [1.165, 1.54) is 26.8 Å². The summed E-state index contributed by atoms with van der Waals surface area (Å²) in [6.45, 7) is 2.10. The Hall–Kier alpha value is -0.830. The summed E-state index contributed by atoms with van der Waals surface area (Å²) in [5, 5.41) is 3.32. The third kappa shape index (κ3) is 2.45. The van der Waals surface area contributed by atoms with Crippen molar-refractivity contribution in [3.05, 3.63) is 69.0 Å². The van der Waals surface area contributed by atoms with E-state index in [0.29, 0.717) is 0 Å². The molecule has 19 heavy (non-hydrogen) atoms. The van der Waals surface area contributed by atoms with E-state index in [1.807, 2.05) is 6.07 Å². The highest BCUT2D eigenvalue weighted by Crippen LogP contribution is 2.39. The van der Waals surface area contributed by atoms with Gasteiger partial charge in [-0.05, 0) is 52.6 Å². The summed E-state index contributed by atoms with van der Waals surface area (Å²) in [5.41, 5.74) is 3.58. The van der Waals surface area contributed by atoms with Crippen LogP contribution in [0.2, 0.25) is 0 Å². The molecule has 0 saturated carbocycles. The van der Waals surface area contributed by atoms with E-state index in [9.17, 15) is 0 Å². The zero-order chi connectivity index (χ0) is 13.4. The number of aryl methyl sites for hydroxylation is 1. The summed E-state index contributed by atoms with van der Waals surface area (Å²) in [6, 6.07) is 14.7. The van der Waals surface area contributed by atoms with Crippen LogP contribution in [-0.2, 0) is 0 Å². The smallest absolute Gasteiger partial charge is 0.0852 e. The highest BCUT2D eigenvalue weighted by molar-refractivity contribution is 9.10. The molecule has 1 aromatic heterocycles. The lowest BCUT2D eigenvalue weighted by molar-refractivity contribution is 1.13. The Bertz CT molecular complexity index is 732. The van der Waals surface area contributed by atoms with Crippen LogP contribution in [0.3, 0.4) is 0 Å². The number of fused-ring (bicyclic) bond motifs is 1. The zero-order valence-corrected chi connectivity index (χ0v) is 13.5. The topological polar surface area (TPSA) is 0 Å². The Kier molecular flexibility index (Phi) is 3.66. The SMILES string of the molecule is Cc1ccc(Br)cc1C(Cl)c1csc2ccccc12. The van der Waals surface area contributed by atoms with Gasteiger partial charge >= 0.3 is 0 Å². The van der Waals surface area contributed by atoms with E-state index < -0.39 is 0 Å². The molecule has 0 aliphatic heterocycles. The number of alkyl halides is 1. The molecule has 0 nitrogen and oxygen atoms in total. The molecule has 1 heterocycles. The molecule has 1 atom stereocenters. The third-order valence-electron chi connectivity index (χ3n) is 3.30. The molecule has 0 radical (unpaired) electrons. The van der Waals surface area contributed by atoms with Gasteiger partial charge in [0, 0.05) is 9.17 Å². The lowest BCUT2D eigenvalue weighted by Gasteiger charge is -2.13. The zero-order valence-electron chi connectivity index (χ0n) is 10.4. The van der Waals surface area contributed by atoms with Crippen molar-refractivity contribution in [3.63, 3.8) is 0 Å². The minimum Gasteiger partial charge on any atom is -0.143 e. The third-order valence-corrected chi connectivity index (χ3v) is 5.24. The van der Waals surface area contributed by atoms with Gasteiger partial charge in [-0.1, -0.05) is 40.2 Å². The fourth-order valence-corrected chi connectivity index (χ4v) is 4.10. The standard InChI is InChI=1S/C16H12BrClS/c1-10-6-7-11(17)8-13(10)16(18)14-9-19-15-5-3-2-4-12(14)15/h2-9,16H,1H3. The van der Waals surface area contributed by atoms with Gasteiger partial charge in [0.1, 0.15) is 0 Å². The first-order valence-electron chi connectivity index (χ1n) is 6.03. The van der Waals surface area contributed by atoms with Crippen LogP contribution in [0.5, 0.6) is 0 Å². The Morgan fingerprint density at radius 2 is 1.89 bits per heavy atom. The molecule has 0 saturated heterocycles. The normalized spacial score (nSPS) is 12.8. The van der Waals surface area contributed by atoms with E-state index in [0.717, 1.165) is 4.47 Å². The van der Waals surface area contributed by atoms with Gasteiger partial charge in [-0.3, -0.25) is 0 Å². The van der Waals surface area contributed by atoms with Crippen molar-refractivity contribution in [1.29, 1.82) is 0 Å². The predicted octanol–water partition coefficient (Wildman–Crippen LogP) is 6.30. The summed E-state index contributed by atoms with van der Waals surface area (Å²) in [4.78, 5) is 0. The van der Waals surface area contributed by atoms with Crippen molar-refractivity contribution in [2.45, 2.75) is 12.3 Å². The van der Waals surface area contributed by atoms with Gasteiger partial charge in [-0.25, -0.2) is 0 Å². The molecule has 0 N–H and O–H groups in total. The summed E-state index contributed by atoms with van der Waals surface area (Å²) in [5.74, 6) is 0. The Balaban J connectivity index is 2.13. The average Bonchev–Trinajstić information content (AvgIpc) is 2.84. The average molecular weight is 352 g/mol. The van der Waals surface area contributed by atoms with Gasteiger partial charge in [0.15, 0.2) is 0 Å². The molecule has 0 bridgehead atoms. The van der Waals surface area contributed by atoms with Crippen molar-refractivity contribution in [2.24, 2.45) is 0 Å². The van der Waals surface area contributed by atoms with Crippen molar-refractivity contribution in [1.82, 2.24) is 0 Å². The minimum atomic E-state index is -0.103. The van der Waals surface area contributed by atoms with Crippen molar-refractivity contribution in [2.75, 3.05) is 0 Å². The fraction of sp³-hybridized carbons (Fsp3) is 0.125. The lowest BCUT2D eigenvalue weighted by atomic mass is 10.00. The summed E-state index contributed by atoms with van der Waals surface area (Å²) >= 11 is 12.0. The molecule has 3 heteroatoms. The van der Waals surface area contributed by atoms with Gasteiger partial charge in [0.25, 0.3) is 0 Å².